The summed E-state index contributed by atoms with van der Waals surface area (Å²) in [6, 6.07) is 8.60. The summed E-state index contributed by atoms with van der Waals surface area (Å²) in [4.78, 5) is 0. The highest BCUT2D eigenvalue weighted by atomic mass is 16.7. The standard InChI is InChI=1S/C26H32O11/c1-33-18-10-14(5-6-17(18)35-26-23(32)22(31)21(30)20(12-29)36-26)24-16(11-28)15-8-13(4-3-7-27)9-19(34-2)25(15)37-24/h3-6,8-10,16,20-24,26-32H,7,11-12H2,1-2H3/b4-3+/t16-,20+,21+,22-,23+,24+,26+/m1/s1. The molecule has 2 aromatic rings. The van der Waals surface area contributed by atoms with Crippen LogP contribution in [0, 0.1) is 0 Å². The Morgan fingerprint density at radius 1 is 0.865 bits per heavy atom. The zero-order valence-electron chi connectivity index (χ0n) is 20.4. The number of aliphatic hydroxyl groups is 6. The van der Waals surface area contributed by atoms with Crippen molar-refractivity contribution in [1.29, 1.82) is 0 Å². The maximum absolute atomic E-state index is 10.3. The highest BCUT2D eigenvalue weighted by Gasteiger charge is 2.45. The number of hydrogen-bond donors (Lipinski definition) is 6. The highest BCUT2D eigenvalue weighted by molar-refractivity contribution is 5.62. The monoisotopic (exact) mass is 520 g/mol. The summed E-state index contributed by atoms with van der Waals surface area (Å²) in [6.07, 6.45) is -4.38. The lowest BCUT2D eigenvalue weighted by Gasteiger charge is -2.39. The van der Waals surface area contributed by atoms with Crippen LogP contribution >= 0.6 is 0 Å². The zero-order valence-corrected chi connectivity index (χ0v) is 20.4. The normalized spacial score (nSPS) is 29.1. The largest absolute Gasteiger partial charge is 0.493 e. The predicted octanol–water partition coefficient (Wildman–Crippen LogP) is 0.0976. The van der Waals surface area contributed by atoms with Crippen LogP contribution in [0.5, 0.6) is 23.0 Å². The summed E-state index contributed by atoms with van der Waals surface area (Å²) >= 11 is 0. The Bertz CT molecular complexity index is 1100. The van der Waals surface area contributed by atoms with Crippen LogP contribution in [0.4, 0.5) is 0 Å². The van der Waals surface area contributed by atoms with Crippen LogP contribution in [-0.2, 0) is 4.74 Å². The van der Waals surface area contributed by atoms with Gasteiger partial charge in [-0.2, -0.15) is 0 Å². The first-order valence-corrected chi connectivity index (χ1v) is 11.8. The van der Waals surface area contributed by atoms with Gasteiger partial charge in [0.05, 0.1) is 40.0 Å². The highest BCUT2D eigenvalue weighted by Crippen LogP contribution is 2.51. The van der Waals surface area contributed by atoms with Crippen molar-refractivity contribution in [2.45, 2.75) is 42.7 Å². The lowest BCUT2D eigenvalue weighted by Crippen LogP contribution is -2.60. The number of fused-ring (bicyclic) bond motifs is 1. The van der Waals surface area contributed by atoms with E-state index in [1.807, 2.05) is 6.07 Å². The van der Waals surface area contributed by atoms with Gasteiger partial charge in [0, 0.05) is 5.56 Å². The third-order valence-corrected chi connectivity index (χ3v) is 6.56. The Labute approximate surface area is 213 Å². The summed E-state index contributed by atoms with van der Waals surface area (Å²) in [5.74, 6) is 1.03. The number of aliphatic hydroxyl groups excluding tert-OH is 6. The Kier molecular flexibility index (Phi) is 8.55. The van der Waals surface area contributed by atoms with Crippen molar-refractivity contribution in [3.8, 4) is 23.0 Å². The van der Waals surface area contributed by atoms with Gasteiger partial charge < -0.3 is 54.3 Å². The van der Waals surface area contributed by atoms with E-state index in [2.05, 4.69) is 0 Å². The number of hydrogen-bond acceptors (Lipinski definition) is 11. The quantitative estimate of drug-likeness (QED) is 0.265. The topological polar surface area (TPSA) is 168 Å². The minimum absolute atomic E-state index is 0.112. The van der Waals surface area contributed by atoms with Crippen LogP contribution in [0.15, 0.2) is 36.4 Å². The summed E-state index contributed by atoms with van der Waals surface area (Å²) in [6.45, 7) is -0.900. The maximum atomic E-state index is 10.3. The fourth-order valence-electron chi connectivity index (χ4n) is 4.60. The SMILES string of the molecule is COc1cc([C@@H]2Oc3c(OC)cc(/C=C/CO)cc3[C@H]2CO)ccc1O[C@H]1O[C@@H](CO)[C@H](O)[C@@H](O)[C@@H]1O. The predicted molar refractivity (Wildman–Crippen MR) is 130 cm³/mol. The molecule has 202 valence electrons. The molecule has 11 heteroatoms. The molecule has 0 saturated carbocycles. The molecular formula is C26H32O11. The third kappa shape index (κ3) is 5.25. The Morgan fingerprint density at radius 3 is 2.27 bits per heavy atom. The molecule has 2 aliphatic heterocycles. The Morgan fingerprint density at radius 2 is 1.62 bits per heavy atom. The van der Waals surface area contributed by atoms with Gasteiger partial charge in [-0.05, 0) is 35.4 Å². The molecule has 11 nitrogen and oxygen atoms in total. The maximum Gasteiger partial charge on any atom is 0.229 e. The zero-order chi connectivity index (χ0) is 26.7. The van der Waals surface area contributed by atoms with E-state index in [1.165, 1.54) is 14.2 Å². The second kappa shape index (κ2) is 11.7. The summed E-state index contributed by atoms with van der Waals surface area (Å²) < 4.78 is 28.4. The number of benzene rings is 2. The average molecular weight is 521 g/mol. The molecule has 37 heavy (non-hydrogen) atoms. The van der Waals surface area contributed by atoms with Crippen LogP contribution in [0.25, 0.3) is 6.08 Å². The molecule has 0 bridgehead atoms. The molecule has 2 heterocycles. The third-order valence-electron chi connectivity index (χ3n) is 6.56. The molecule has 0 aromatic heterocycles. The Hall–Kier alpha value is -2.90. The van der Waals surface area contributed by atoms with E-state index in [0.717, 1.165) is 11.1 Å². The lowest BCUT2D eigenvalue weighted by atomic mass is 9.90. The number of rotatable bonds is 9. The van der Waals surface area contributed by atoms with E-state index in [0.29, 0.717) is 17.1 Å². The Balaban J connectivity index is 1.61. The van der Waals surface area contributed by atoms with Crippen molar-refractivity contribution in [3.05, 3.63) is 53.1 Å². The molecule has 0 amide bonds. The van der Waals surface area contributed by atoms with Crippen molar-refractivity contribution < 1.29 is 54.3 Å². The summed E-state index contributed by atoms with van der Waals surface area (Å²) in [5, 5.41) is 59.1. The molecular weight excluding hydrogens is 488 g/mol. The minimum Gasteiger partial charge on any atom is -0.493 e. The smallest absolute Gasteiger partial charge is 0.229 e. The van der Waals surface area contributed by atoms with Crippen LogP contribution < -0.4 is 18.9 Å². The fourth-order valence-corrected chi connectivity index (χ4v) is 4.60. The molecule has 4 rings (SSSR count). The van der Waals surface area contributed by atoms with E-state index < -0.39 is 49.3 Å². The van der Waals surface area contributed by atoms with Gasteiger partial charge >= 0.3 is 0 Å². The van der Waals surface area contributed by atoms with Crippen LogP contribution in [0.2, 0.25) is 0 Å². The average Bonchev–Trinajstić information content (AvgIpc) is 3.30. The molecule has 0 aliphatic carbocycles. The first kappa shape index (κ1) is 27.1. The van der Waals surface area contributed by atoms with Crippen LogP contribution in [0.1, 0.15) is 28.7 Å². The van der Waals surface area contributed by atoms with Crippen molar-refractivity contribution >= 4 is 6.08 Å². The first-order valence-electron chi connectivity index (χ1n) is 11.8. The van der Waals surface area contributed by atoms with Gasteiger partial charge in [-0.15, -0.1) is 0 Å². The second-order valence-electron chi connectivity index (χ2n) is 8.78. The van der Waals surface area contributed by atoms with Crippen molar-refractivity contribution in [2.24, 2.45) is 0 Å². The molecule has 2 aliphatic rings. The number of methoxy groups -OCH3 is 2. The molecule has 1 fully saturated rings. The molecule has 7 atom stereocenters. The number of ether oxygens (including phenoxy) is 5. The van der Waals surface area contributed by atoms with Gasteiger partial charge in [0.2, 0.25) is 6.29 Å². The van der Waals surface area contributed by atoms with Gasteiger partial charge in [-0.3, -0.25) is 0 Å². The molecule has 6 N–H and O–H groups in total. The van der Waals surface area contributed by atoms with Gasteiger partial charge in [-0.1, -0.05) is 18.2 Å². The van der Waals surface area contributed by atoms with E-state index >= 15 is 0 Å². The molecule has 0 spiro atoms. The lowest BCUT2D eigenvalue weighted by molar-refractivity contribution is -0.277. The van der Waals surface area contributed by atoms with Gasteiger partial charge in [0.15, 0.2) is 23.0 Å². The fraction of sp³-hybridized carbons (Fsp3) is 0.462. The first-order chi connectivity index (χ1) is 17.9. The van der Waals surface area contributed by atoms with Crippen molar-refractivity contribution in [3.63, 3.8) is 0 Å². The van der Waals surface area contributed by atoms with Gasteiger partial charge in [0.25, 0.3) is 0 Å². The second-order valence-corrected chi connectivity index (χ2v) is 8.78. The summed E-state index contributed by atoms with van der Waals surface area (Å²) in [5.41, 5.74) is 2.21. The van der Waals surface area contributed by atoms with Crippen LogP contribution in [-0.4, -0.2) is 95.4 Å². The van der Waals surface area contributed by atoms with E-state index in [1.54, 1.807) is 36.4 Å². The van der Waals surface area contributed by atoms with E-state index in [9.17, 15) is 25.5 Å². The van der Waals surface area contributed by atoms with Crippen molar-refractivity contribution in [2.75, 3.05) is 34.0 Å². The van der Waals surface area contributed by atoms with Gasteiger partial charge in [0.1, 0.15) is 30.5 Å². The molecule has 1 saturated heterocycles. The summed E-state index contributed by atoms with van der Waals surface area (Å²) in [7, 11) is 2.95. The molecule has 0 radical (unpaired) electrons. The van der Waals surface area contributed by atoms with Crippen LogP contribution in [0.3, 0.4) is 0 Å². The molecule has 0 unspecified atom stereocenters. The molecule has 2 aromatic carbocycles. The van der Waals surface area contributed by atoms with Crippen molar-refractivity contribution in [1.82, 2.24) is 0 Å². The van der Waals surface area contributed by atoms with Gasteiger partial charge in [-0.25, -0.2) is 0 Å². The van der Waals surface area contributed by atoms with E-state index in [4.69, 9.17) is 28.8 Å². The van der Waals surface area contributed by atoms with E-state index in [-0.39, 0.29) is 24.7 Å². The minimum atomic E-state index is -1.58.